The van der Waals surface area contributed by atoms with Crippen LogP contribution in [0.15, 0.2) is 60.2 Å². The van der Waals surface area contributed by atoms with Crippen LogP contribution in [-0.4, -0.2) is 52.3 Å². The van der Waals surface area contributed by atoms with E-state index >= 15 is 0 Å². The summed E-state index contributed by atoms with van der Waals surface area (Å²) in [6.07, 6.45) is 1.57. The van der Waals surface area contributed by atoms with Crippen LogP contribution in [0, 0.1) is 0 Å². The number of aromatic nitrogens is 1. The van der Waals surface area contributed by atoms with Crippen LogP contribution in [-0.2, 0) is 16.1 Å². The summed E-state index contributed by atoms with van der Waals surface area (Å²) in [7, 11) is 0. The van der Waals surface area contributed by atoms with Crippen LogP contribution < -0.4 is 20.9 Å². The monoisotopic (exact) mass is 470 g/mol. The minimum Gasteiger partial charge on any atom is -0.491 e. The maximum atomic E-state index is 12.6. The summed E-state index contributed by atoms with van der Waals surface area (Å²) in [6.45, 7) is 0.273. The van der Waals surface area contributed by atoms with Crippen LogP contribution in [0.3, 0.4) is 0 Å². The second kappa shape index (κ2) is 11.7. The Bertz CT molecular complexity index is 1070. The molecular weight excluding hydrogens is 448 g/mol. The summed E-state index contributed by atoms with van der Waals surface area (Å²) in [6, 6.07) is 12.2. The van der Waals surface area contributed by atoms with E-state index < -0.39 is 23.8 Å². The second-order valence-corrected chi connectivity index (χ2v) is 7.71. The Labute approximate surface area is 193 Å². The quantitative estimate of drug-likeness (QED) is 0.169. The van der Waals surface area contributed by atoms with Crippen LogP contribution in [0.1, 0.15) is 15.2 Å². The van der Waals surface area contributed by atoms with Crippen LogP contribution >= 0.6 is 11.3 Å². The third-order valence-electron chi connectivity index (χ3n) is 4.53. The lowest BCUT2D eigenvalue weighted by Gasteiger charge is -2.16. The minimum atomic E-state index is -1.62. The smallest absolute Gasteiger partial charge is 0.275 e. The van der Waals surface area contributed by atoms with E-state index in [1.807, 2.05) is 12.1 Å². The standard InChI is InChI=1S/C22H22N4O6S/c27-9-10-32-17-7-5-15(6-8-17)14-1-3-16(4-2-14)20(28)25-19(22(30)26-31)21(29)24-12-18-11-23-13-33-18/h1-8,11,13,19,27,31H,9-10,12H2,(H,24,29)(H,25,28)(H,26,30). The molecule has 0 aliphatic heterocycles. The van der Waals surface area contributed by atoms with Crippen molar-refractivity contribution in [3.8, 4) is 16.9 Å². The van der Waals surface area contributed by atoms with E-state index in [1.54, 1.807) is 48.1 Å². The first-order valence-corrected chi connectivity index (χ1v) is 10.7. The number of hydrogen-bond donors (Lipinski definition) is 5. The normalized spacial score (nSPS) is 11.3. The summed E-state index contributed by atoms with van der Waals surface area (Å²) in [4.78, 5) is 41.6. The summed E-state index contributed by atoms with van der Waals surface area (Å²) in [5, 5.41) is 22.6. The lowest BCUT2D eigenvalue weighted by Crippen LogP contribution is -2.54. The maximum absolute atomic E-state index is 12.6. The van der Waals surface area contributed by atoms with Crippen molar-refractivity contribution in [2.75, 3.05) is 13.2 Å². The molecule has 3 amide bonds. The summed E-state index contributed by atoms with van der Waals surface area (Å²) >= 11 is 1.32. The number of carbonyl (C=O) groups excluding carboxylic acids is 3. The molecule has 0 saturated carbocycles. The second-order valence-electron chi connectivity index (χ2n) is 6.74. The number of nitrogens with one attached hydrogen (secondary N) is 3. The van der Waals surface area contributed by atoms with E-state index in [1.165, 1.54) is 16.8 Å². The molecule has 5 N–H and O–H groups in total. The lowest BCUT2D eigenvalue weighted by atomic mass is 10.0. The van der Waals surface area contributed by atoms with Crippen molar-refractivity contribution >= 4 is 29.1 Å². The molecule has 172 valence electrons. The van der Waals surface area contributed by atoms with Gasteiger partial charge < -0.3 is 20.5 Å². The Hall–Kier alpha value is -3.80. The van der Waals surface area contributed by atoms with E-state index in [0.29, 0.717) is 5.75 Å². The summed E-state index contributed by atoms with van der Waals surface area (Å²) in [5.74, 6) is -1.87. The van der Waals surface area contributed by atoms with E-state index in [0.717, 1.165) is 16.0 Å². The van der Waals surface area contributed by atoms with Crippen molar-refractivity contribution in [2.24, 2.45) is 0 Å². The molecule has 3 aromatic rings. The molecule has 3 rings (SSSR count). The van der Waals surface area contributed by atoms with Crippen LogP contribution in [0.2, 0.25) is 0 Å². The maximum Gasteiger partial charge on any atom is 0.275 e. The van der Waals surface area contributed by atoms with Crippen molar-refractivity contribution in [1.82, 2.24) is 21.1 Å². The number of hydroxylamine groups is 1. The molecule has 2 aromatic carbocycles. The van der Waals surface area contributed by atoms with E-state index in [2.05, 4.69) is 15.6 Å². The largest absolute Gasteiger partial charge is 0.491 e. The molecule has 1 aromatic heterocycles. The Balaban J connectivity index is 1.64. The molecule has 0 spiro atoms. The van der Waals surface area contributed by atoms with Crippen molar-refractivity contribution in [3.63, 3.8) is 0 Å². The molecule has 0 radical (unpaired) electrons. The minimum absolute atomic E-state index is 0.0696. The highest BCUT2D eigenvalue weighted by atomic mass is 32.1. The third kappa shape index (κ3) is 6.59. The van der Waals surface area contributed by atoms with Gasteiger partial charge in [0, 0.05) is 16.6 Å². The predicted molar refractivity (Wildman–Crippen MR) is 120 cm³/mol. The van der Waals surface area contributed by atoms with Gasteiger partial charge in [-0.1, -0.05) is 24.3 Å². The van der Waals surface area contributed by atoms with Crippen molar-refractivity contribution in [2.45, 2.75) is 12.6 Å². The lowest BCUT2D eigenvalue weighted by molar-refractivity contribution is -0.137. The van der Waals surface area contributed by atoms with Gasteiger partial charge in [0.05, 0.1) is 18.7 Å². The first kappa shape index (κ1) is 23.9. The molecule has 0 fully saturated rings. The number of ether oxygens (including phenoxy) is 1. The Morgan fingerprint density at radius 3 is 2.24 bits per heavy atom. The van der Waals surface area contributed by atoms with Crippen molar-refractivity contribution in [1.29, 1.82) is 0 Å². The van der Waals surface area contributed by atoms with Gasteiger partial charge >= 0.3 is 0 Å². The summed E-state index contributed by atoms with van der Waals surface area (Å²) in [5.41, 5.74) is 4.95. The zero-order valence-electron chi connectivity index (χ0n) is 17.4. The molecule has 1 heterocycles. The average molecular weight is 471 g/mol. The van der Waals surface area contributed by atoms with Crippen LogP contribution in [0.25, 0.3) is 11.1 Å². The predicted octanol–water partition coefficient (Wildman–Crippen LogP) is 1.10. The highest BCUT2D eigenvalue weighted by molar-refractivity contribution is 7.09. The van der Waals surface area contributed by atoms with E-state index in [4.69, 9.17) is 15.1 Å². The molecule has 11 heteroatoms. The van der Waals surface area contributed by atoms with Gasteiger partial charge in [-0.2, -0.15) is 0 Å². The number of aliphatic hydroxyl groups is 1. The fourth-order valence-electron chi connectivity index (χ4n) is 2.86. The number of rotatable bonds is 10. The number of benzene rings is 2. The van der Waals surface area contributed by atoms with Crippen LogP contribution in [0.5, 0.6) is 5.75 Å². The van der Waals surface area contributed by atoms with Gasteiger partial charge in [0.2, 0.25) is 0 Å². The number of carbonyl (C=O) groups is 3. The first-order chi connectivity index (χ1) is 16.0. The molecule has 1 atom stereocenters. The van der Waals surface area contributed by atoms with E-state index in [9.17, 15) is 14.4 Å². The summed E-state index contributed by atoms with van der Waals surface area (Å²) < 4.78 is 5.33. The van der Waals surface area contributed by atoms with Gasteiger partial charge in [0.25, 0.3) is 17.7 Å². The van der Waals surface area contributed by atoms with Gasteiger partial charge in [-0.3, -0.25) is 24.6 Å². The third-order valence-corrected chi connectivity index (χ3v) is 5.30. The van der Waals surface area contributed by atoms with Gasteiger partial charge in [-0.15, -0.1) is 11.3 Å². The van der Waals surface area contributed by atoms with Crippen LogP contribution in [0.4, 0.5) is 0 Å². The SMILES string of the molecule is O=C(NC(C(=O)NO)C(=O)NCc1cncs1)c1ccc(-c2ccc(OCCO)cc2)cc1. The molecule has 33 heavy (non-hydrogen) atoms. The molecule has 0 saturated heterocycles. The zero-order valence-corrected chi connectivity index (χ0v) is 18.2. The zero-order chi connectivity index (χ0) is 23.6. The highest BCUT2D eigenvalue weighted by Crippen LogP contribution is 2.23. The number of thiazole rings is 1. The molecular formula is C22H22N4O6S. The number of hydrogen-bond acceptors (Lipinski definition) is 8. The topological polar surface area (TPSA) is 150 Å². The molecule has 10 nitrogen and oxygen atoms in total. The number of aliphatic hydroxyl groups excluding tert-OH is 1. The number of nitrogens with zero attached hydrogens (tertiary/aromatic N) is 1. The first-order valence-electron chi connectivity index (χ1n) is 9.86. The Kier molecular flexibility index (Phi) is 8.47. The van der Waals surface area contributed by atoms with Crippen molar-refractivity contribution < 1.29 is 29.4 Å². The number of amides is 3. The van der Waals surface area contributed by atoms with Gasteiger partial charge in [-0.25, -0.2) is 5.48 Å². The molecule has 1 unspecified atom stereocenters. The molecule has 0 aliphatic carbocycles. The van der Waals surface area contributed by atoms with Gasteiger partial charge in [-0.05, 0) is 35.4 Å². The Morgan fingerprint density at radius 1 is 1.00 bits per heavy atom. The van der Waals surface area contributed by atoms with Crippen molar-refractivity contribution in [3.05, 3.63) is 70.7 Å². The molecule has 0 bridgehead atoms. The molecule has 0 aliphatic rings. The Morgan fingerprint density at radius 2 is 1.67 bits per heavy atom. The van der Waals surface area contributed by atoms with Gasteiger partial charge in [0.15, 0.2) is 6.04 Å². The fourth-order valence-corrected chi connectivity index (χ4v) is 3.39. The van der Waals surface area contributed by atoms with E-state index in [-0.39, 0.29) is 25.3 Å². The highest BCUT2D eigenvalue weighted by Gasteiger charge is 2.28. The fraction of sp³-hybridized carbons (Fsp3) is 0.182. The average Bonchev–Trinajstić information content (AvgIpc) is 3.38. The van der Waals surface area contributed by atoms with Gasteiger partial charge in [0.1, 0.15) is 12.4 Å².